The van der Waals surface area contributed by atoms with Crippen molar-refractivity contribution >= 4 is 0 Å². The van der Waals surface area contributed by atoms with Crippen LogP contribution in [0.5, 0.6) is 23.0 Å². The van der Waals surface area contributed by atoms with Crippen LogP contribution in [-0.4, -0.2) is 168 Å². The van der Waals surface area contributed by atoms with Gasteiger partial charge in [0.2, 0.25) is 0 Å². The number of ether oxygens (including phenoxy) is 17. The number of hydrogen-bond acceptors (Lipinski definition) is 18. The molecule has 746 valence electrons. The molecule has 0 spiro atoms. The molecule has 1 heterocycles. The highest BCUT2D eigenvalue weighted by Crippen LogP contribution is 2.38. The number of para-hydroxylation sites is 1. The van der Waals surface area contributed by atoms with Crippen molar-refractivity contribution in [1.29, 1.82) is 5.26 Å². The predicted octanol–water partition coefficient (Wildman–Crippen LogP) is 27.1. The monoisotopic (exact) mass is 1870 g/mol. The summed E-state index contributed by atoms with van der Waals surface area (Å²) in [6.45, 7) is 36.1. The van der Waals surface area contributed by atoms with E-state index in [1.165, 1.54) is 123 Å². The van der Waals surface area contributed by atoms with Crippen LogP contribution >= 0.6 is 0 Å². The molecule has 9 aromatic carbocycles. The highest BCUT2D eigenvalue weighted by molar-refractivity contribution is 5.64. The molecule has 0 bridgehead atoms. The van der Waals surface area contributed by atoms with Gasteiger partial charge in [-0.3, -0.25) is 0 Å². The van der Waals surface area contributed by atoms with Crippen LogP contribution in [0.15, 0.2) is 243 Å². The van der Waals surface area contributed by atoms with E-state index >= 15 is 0 Å². The molecule has 18 heteroatoms. The predicted molar refractivity (Wildman–Crippen MR) is 550 cm³/mol. The van der Waals surface area contributed by atoms with Crippen LogP contribution in [0, 0.1) is 17.2 Å². The lowest BCUT2D eigenvalue weighted by Gasteiger charge is -2.38. The van der Waals surface area contributed by atoms with Gasteiger partial charge in [-0.1, -0.05) is 239 Å². The molecule has 9 aromatic rings. The van der Waals surface area contributed by atoms with E-state index < -0.39 is 5.60 Å². The van der Waals surface area contributed by atoms with E-state index in [1.807, 2.05) is 163 Å². The summed E-state index contributed by atoms with van der Waals surface area (Å²) in [6, 6.07) is 84.0. The average Bonchev–Trinajstić information content (AvgIpc) is 0.857. The van der Waals surface area contributed by atoms with E-state index in [1.54, 1.807) is 47.7 Å². The number of hydrogen-bond donors (Lipinski definition) is 0. The van der Waals surface area contributed by atoms with Crippen LogP contribution in [-0.2, 0) is 86.8 Å². The van der Waals surface area contributed by atoms with Crippen LogP contribution in [0.2, 0.25) is 0 Å². The molecule has 3 saturated carbocycles. The second-order valence-corrected chi connectivity index (χ2v) is 37.1. The molecule has 12 unspecified atom stereocenters. The third kappa shape index (κ3) is 44.1. The highest BCUT2D eigenvalue weighted by atomic mass is 16.6. The fraction of sp³-hybridized carbons (Fsp3) is 0.534. The maximum atomic E-state index is 8.78. The van der Waals surface area contributed by atoms with Gasteiger partial charge in [0.15, 0.2) is 0 Å². The van der Waals surface area contributed by atoms with Crippen LogP contribution in [0.25, 0.3) is 11.1 Å². The lowest BCUT2D eigenvalue weighted by atomic mass is 9.84. The normalized spacial score (nSPS) is 17.0. The molecule has 0 saturated heterocycles. The first-order valence-electron chi connectivity index (χ1n) is 50.1. The van der Waals surface area contributed by atoms with E-state index in [2.05, 4.69) is 171 Å². The molecule has 4 aliphatic rings. The van der Waals surface area contributed by atoms with Crippen molar-refractivity contribution in [2.45, 2.75) is 303 Å². The summed E-state index contributed by atoms with van der Waals surface area (Å²) in [4.78, 5) is 0. The van der Waals surface area contributed by atoms with Gasteiger partial charge in [-0.25, -0.2) is 0 Å². The summed E-state index contributed by atoms with van der Waals surface area (Å²) in [5.74, 6) is 6.03. The van der Waals surface area contributed by atoms with Gasteiger partial charge in [0.25, 0.3) is 0 Å². The minimum atomic E-state index is -0.422. The van der Waals surface area contributed by atoms with Gasteiger partial charge in [-0.05, 0) is 271 Å². The smallest absolute Gasteiger partial charge is 0.125 e. The highest BCUT2D eigenvalue weighted by Gasteiger charge is 2.36. The first-order chi connectivity index (χ1) is 65.9. The molecule has 0 radical (unpaired) electrons. The van der Waals surface area contributed by atoms with E-state index in [9.17, 15) is 0 Å². The second-order valence-electron chi connectivity index (χ2n) is 37.1. The fourth-order valence-electron chi connectivity index (χ4n) is 16.8. The number of fused-ring (bicyclic) bond motifs is 1. The van der Waals surface area contributed by atoms with Crippen LogP contribution < -0.4 is 18.9 Å². The minimum Gasteiger partial charge on any atom is -0.491 e. The maximum absolute atomic E-state index is 8.78. The number of methoxy groups -OCH3 is 5. The van der Waals surface area contributed by atoms with E-state index in [4.69, 9.17) is 85.8 Å². The first kappa shape index (κ1) is 114. The van der Waals surface area contributed by atoms with Crippen molar-refractivity contribution in [2.24, 2.45) is 5.92 Å². The molecule has 18 nitrogen and oxygen atoms in total. The Hall–Kier alpha value is -8.85. The minimum absolute atomic E-state index is 0.0186. The molecular formula is C118H167NO17. The van der Waals surface area contributed by atoms with Crippen molar-refractivity contribution in [2.75, 3.05) is 102 Å². The molecule has 0 aromatic heterocycles. The standard InChI is InChI=1S/C19H30O3.C18H19NO2.C18H28O3.C18H22O3.C17H26O2.C15H24O2.C13H18O2/c1-15(20-3)16(2)21-13-14-22-19-11-9-18(10-12-19)17-7-5-4-6-8-17;1-14(18(20-2)17-6-4-3-5-7-17)21-13-16-10-8-15(12-19)9-11-16;2*1-15(14-19-2)20-12-13-21-18-10-8-17(9-11-18)16-6-4-3-5-7-16;1-14(18-12-16-8-4-3-5-9-16)15(2)19-13-17-10-6-7-11-17;1-12(17-14(2,3)4)15(5,16-6)13-10-8-7-9-11-13;1-3-14-10(2)12-9-8-11-6-4-5-7-13(11)15-12/h9-12,15-17H,4-8,13-14H2,1-3H3;3-11,14,18H,13H2,1-2H3;8-11,15-16H,3-7,12-14H2,1-2H3;3-11,15H,12-14H2,1-2H3;3-5,8-9,14-15,17H,6-7,10-13H2,1-2H3;7-12H,1-6H3;4-7,10,12H,3,8-9H2,1-2H3. The zero-order valence-corrected chi connectivity index (χ0v) is 85.9. The molecule has 1 aliphatic heterocycles. The Morgan fingerprint density at radius 2 is 0.831 bits per heavy atom. The number of nitriles is 1. The Balaban J connectivity index is 0.000000217. The topological polar surface area (TPSA) is 181 Å². The molecule has 0 N–H and O–H groups in total. The first-order valence-corrected chi connectivity index (χ1v) is 50.1. The quantitative estimate of drug-likeness (QED) is 0.0329. The average molecular weight is 1870 g/mol. The zero-order chi connectivity index (χ0) is 98.0. The van der Waals surface area contributed by atoms with Gasteiger partial charge in [0.1, 0.15) is 60.6 Å². The SMILES string of the molecule is CC(OCc1ccccc1)C(C)OCC1CCCC1.CCOC(C)C1CCc2ccccc2O1.COC(C)(c1ccccc1)C(C)OC(C)(C)C.COC(C)C(C)OCCOc1ccc(C2CCCCC2)cc1.COC(c1ccccc1)C(C)OCc1ccc(C#N)cc1.COCC(C)OCCOc1ccc(-c2ccccc2)cc1.COCC(C)OCCOc1ccc(C2CCCCC2)cc1. The third-order valence-corrected chi connectivity index (χ3v) is 25.4. The summed E-state index contributed by atoms with van der Waals surface area (Å²) < 4.78 is 95.7. The van der Waals surface area contributed by atoms with E-state index in [-0.39, 0.29) is 72.7 Å². The fourth-order valence-corrected chi connectivity index (χ4v) is 16.8. The lowest BCUT2D eigenvalue weighted by molar-refractivity contribution is -0.161. The molecule has 136 heavy (non-hydrogen) atoms. The molecule has 13 rings (SSSR count). The van der Waals surface area contributed by atoms with Gasteiger partial charge in [0.05, 0.1) is 118 Å². The van der Waals surface area contributed by atoms with Crippen LogP contribution in [0.3, 0.4) is 0 Å². The van der Waals surface area contributed by atoms with Gasteiger partial charge in [0, 0.05) is 48.8 Å². The Labute approximate surface area is 819 Å². The zero-order valence-electron chi connectivity index (χ0n) is 85.9. The summed E-state index contributed by atoms with van der Waals surface area (Å²) in [6.07, 6.45) is 22.2. The number of rotatable bonds is 44. The summed E-state index contributed by atoms with van der Waals surface area (Å²) >= 11 is 0. The van der Waals surface area contributed by atoms with Crippen molar-refractivity contribution in [3.8, 4) is 40.2 Å². The van der Waals surface area contributed by atoms with Crippen molar-refractivity contribution in [3.05, 3.63) is 287 Å². The Kier molecular flexibility index (Phi) is 55.3. The van der Waals surface area contributed by atoms with Gasteiger partial charge >= 0.3 is 0 Å². The van der Waals surface area contributed by atoms with Crippen LogP contribution in [0.1, 0.15) is 256 Å². The van der Waals surface area contributed by atoms with Gasteiger partial charge in [-0.2, -0.15) is 5.26 Å². The number of benzene rings is 9. The largest absolute Gasteiger partial charge is 0.491 e. The molecule has 0 amide bonds. The summed E-state index contributed by atoms with van der Waals surface area (Å²) in [5, 5.41) is 8.78. The lowest BCUT2D eigenvalue weighted by Crippen LogP contribution is -2.42. The summed E-state index contributed by atoms with van der Waals surface area (Å²) in [7, 11) is 8.48. The number of aryl methyl sites for hydroxylation is 1. The van der Waals surface area contributed by atoms with Gasteiger partial charge < -0.3 is 80.5 Å². The Bertz CT molecular complexity index is 4500. The maximum Gasteiger partial charge on any atom is 0.125 e. The van der Waals surface area contributed by atoms with Crippen molar-refractivity contribution < 1.29 is 80.5 Å². The van der Waals surface area contributed by atoms with Gasteiger partial charge in [-0.15, -0.1) is 0 Å². The van der Waals surface area contributed by atoms with Crippen LogP contribution in [0.4, 0.5) is 0 Å². The van der Waals surface area contributed by atoms with Crippen molar-refractivity contribution in [3.63, 3.8) is 0 Å². The number of nitrogens with zero attached hydrogens (tertiary/aromatic N) is 1. The second kappa shape index (κ2) is 65.9. The molecular weight excluding hydrogens is 1700 g/mol. The molecule has 12 atom stereocenters. The Morgan fingerprint density at radius 1 is 0.397 bits per heavy atom. The molecule has 3 aliphatic carbocycles. The van der Waals surface area contributed by atoms with E-state index in [0.717, 1.165) is 83.5 Å². The third-order valence-electron chi connectivity index (χ3n) is 25.4. The van der Waals surface area contributed by atoms with E-state index in [0.29, 0.717) is 71.6 Å². The molecule has 3 fully saturated rings. The van der Waals surface area contributed by atoms with Crippen molar-refractivity contribution in [1.82, 2.24) is 0 Å². The Morgan fingerprint density at radius 3 is 1.31 bits per heavy atom. The summed E-state index contributed by atoms with van der Waals surface area (Å²) in [5.41, 5.74) is 11.2.